The van der Waals surface area contributed by atoms with E-state index in [1.807, 2.05) is 11.6 Å². The first-order valence-electron chi connectivity index (χ1n) is 5.04. The molecular formula is C9H16N4O. The highest BCUT2D eigenvalue weighted by Crippen LogP contribution is 2.10. The van der Waals surface area contributed by atoms with Gasteiger partial charge in [-0.05, 0) is 26.3 Å². The average molecular weight is 196 g/mol. The molecule has 1 atom stereocenters. The van der Waals surface area contributed by atoms with Crippen LogP contribution in [0.15, 0.2) is 0 Å². The molecule has 0 radical (unpaired) electrons. The molecule has 5 heteroatoms. The molecule has 1 aliphatic rings. The van der Waals surface area contributed by atoms with Crippen molar-refractivity contribution >= 4 is 0 Å². The normalized spacial score (nSPS) is 21.7. The Morgan fingerprint density at radius 1 is 1.64 bits per heavy atom. The minimum atomic E-state index is -0.0239. The van der Waals surface area contributed by atoms with Gasteiger partial charge in [-0.15, -0.1) is 5.10 Å². The summed E-state index contributed by atoms with van der Waals surface area (Å²) in [5, 5.41) is 20.3. The molecule has 1 fully saturated rings. The van der Waals surface area contributed by atoms with Gasteiger partial charge in [-0.1, -0.05) is 5.21 Å². The zero-order valence-electron chi connectivity index (χ0n) is 8.40. The Hall–Kier alpha value is -0.940. The summed E-state index contributed by atoms with van der Waals surface area (Å²) < 4.78 is 1.87. The van der Waals surface area contributed by atoms with Crippen LogP contribution < -0.4 is 5.32 Å². The Labute approximate surface area is 83.1 Å². The lowest BCUT2D eigenvalue weighted by atomic mass is 10.2. The highest BCUT2D eigenvalue weighted by atomic mass is 16.3. The van der Waals surface area contributed by atoms with Crippen molar-refractivity contribution in [2.45, 2.75) is 39.0 Å². The minimum absolute atomic E-state index is 0.0239. The Kier molecular flexibility index (Phi) is 2.79. The summed E-state index contributed by atoms with van der Waals surface area (Å²) in [4.78, 5) is 0. The average Bonchev–Trinajstić information content (AvgIpc) is 2.79. The SMILES string of the molecule is Cc1c(CO)nnn1CC1CCCN1. The van der Waals surface area contributed by atoms with Crippen molar-refractivity contribution in [3.8, 4) is 0 Å². The van der Waals surface area contributed by atoms with Crippen LogP contribution in [0.3, 0.4) is 0 Å². The van der Waals surface area contributed by atoms with E-state index in [2.05, 4.69) is 15.6 Å². The van der Waals surface area contributed by atoms with Crippen molar-refractivity contribution < 1.29 is 5.11 Å². The van der Waals surface area contributed by atoms with E-state index in [9.17, 15) is 0 Å². The van der Waals surface area contributed by atoms with Gasteiger partial charge in [-0.25, -0.2) is 4.68 Å². The number of rotatable bonds is 3. The van der Waals surface area contributed by atoms with Crippen LogP contribution in [0.2, 0.25) is 0 Å². The van der Waals surface area contributed by atoms with Gasteiger partial charge in [0, 0.05) is 6.04 Å². The molecule has 2 rings (SSSR count). The van der Waals surface area contributed by atoms with Crippen molar-refractivity contribution in [1.82, 2.24) is 20.3 Å². The number of aromatic nitrogens is 3. The van der Waals surface area contributed by atoms with Crippen LogP contribution in [0.25, 0.3) is 0 Å². The number of aliphatic hydroxyl groups excluding tert-OH is 1. The molecule has 0 amide bonds. The molecule has 1 aliphatic heterocycles. The summed E-state index contributed by atoms with van der Waals surface area (Å²) >= 11 is 0. The fraction of sp³-hybridized carbons (Fsp3) is 0.778. The molecule has 2 N–H and O–H groups in total. The van der Waals surface area contributed by atoms with E-state index in [0.717, 1.165) is 18.8 Å². The van der Waals surface area contributed by atoms with Crippen LogP contribution in [0.5, 0.6) is 0 Å². The molecule has 14 heavy (non-hydrogen) atoms. The van der Waals surface area contributed by atoms with Crippen LogP contribution in [0, 0.1) is 6.92 Å². The van der Waals surface area contributed by atoms with Gasteiger partial charge in [0.25, 0.3) is 0 Å². The molecule has 0 aromatic carbocycles. The maximum atomic E-state index is 8.96. The fourth-order valence-corrected chi connectivity index (χ4v) is 1.84. The lowest BCUT2D eigenvalue weighted by molar-refractivity contribution is 0.276. The number of nitrogens with zero attached hydrogens (tertiary/aromatic N) is 3. The molecule has 0 aliphatic carbocycles. The van der Waals surface area contributed by atoms with Crippen molar-refractivity contribution in [3.05, 3.63) is 11.4 Å². The van der Waals surface area contributed by atoms with Gasteiger partial charge in [0.05, 0.1) is 18.8 Å². The van der Waals surface area contributed by atoms with E-state index in [1.165, 1.54) is 12.8 Å². The van der Waals surface area contributed by atoms with Crippen LogP contribution in [-0.2, 0) is 13.2 Å². The van der Waals surface area contributed by atoms with Crippen LogP contribution in [0.1, 0.15) is 24.2 Å². The first-order chi connectivity index (χ1) is 6.81. The molecule has 0 spiro atoms. The molecule has 0 bridgehead atoms. The largest absolute Gasteiger partial charge is 0.390 e. The monoisotopic (exact) mass is 196 g/mol. The van der Waals surface area contributed by atoms with Crippen LogP contribution >= 0.6 is 0 Å². The first kappa shape index (κ1) is 9.61. The molecule has 1 saturated heterocycles. The minimum Gasteiger partial charge on any atom is -0.390 e. The van der Waals surface area contributed by atoms with E-state index in [4.69, 9.17) is 5.11 Å². The number of aliphatic hydroxyl groups is 1. The highest BCUT2D eigenvalue weighted by molar-refractivity contribution is 5.06. The van der Waals surface area contributed by atoms with E-state index in [-0.39, 0.29) is 6.61 Å². The maximum Gasteiger partial charge on any atom is 0.111 e. The predicted molar refractivity (Wildman–Crippen MR) is 51.7 cm³/mol. The topological polar surface area (TPSA) is 63.0 Å². The summed E-state index contributed by atoms with van der Waals surface area (Å²) in [5.74, 6) is 0. The van der Waals surface area contributed by atoms with Crippen molar-refractivity contribution in [2.24, 2.45) is 0 Å². The second kappa shape index (κ2) is 4.06. The summed E-state index contributed by atoms with van der Waals surface area (Å²) in [6, 6.07) is 0.516. The van der Waals surface area contributed by atoms with E-state index in [1.54, 1.807) is 0 Å². The van der Waals surface area contributed by atoms with E-state index >= 15 is 0 Å². The molecule has 78 valence electrons. The van der Waals surface area contributed by atoms with Gasteiger partial charge in [0.1, 0.15) is 5.69 Å². The van der Waals surface area contributed by atoms with Crippen LogP contribution in [-0.4, -0.2) is 32.7 Å². The van der Waals surface area contributed by atoms with Crippen molar-refractivity contribution in [1.29, 1.82) is 0 Å². The molecule has 1 aromatic rings. The van der Waals surface area contributed by atoms with Gasteiger partial charge >= 0.3 is 0 Å². The Morgan fingerprint density at radius 2 is 2.50 bits per heavy atom. The lowest BCUT2D eigenvalue weighted by Crippen LogP contribution is -2.27. The zero-order chi connectivity index (χ0) is 9.97. The van der Waals surface area contributed by atoms with Crippen molar-refractivity contribution in [3.63, 3.8) is 0 Å². The van der Waals surface area contributed by atoms with Gasteiger partial charge in [-0.2, -0.15) is 0 Å². The summed E-state index contributed by atoms with van der Waals surface area (Å²) in [5.41, 5.74) is 1.66. The maximum absolute atomic E-state index is 8.96. The van der Waals surface area contributed by atoms with Crippen molar-refractivity contribution in [2.75, 3.05) is 6.54 Å². The Bertz CT molecular complexity index is 304. The molecule has 1 unspecified atom stereocenters. The molecule has 1 aromatic heterocycles. The third-order valence-electron chi connectivity index (χ3n) is 2.78. The van der Waals surface area contributed by atoms with Gasteiger partial charge in [0.15, 0.2) is 0 Å². The lowest BCUT2D eigenvalue weighted by Gasteiger charge is -2.10. The predicted octanol–water partition coefficient (Wildman–Crippen LogP) is -0.169. The number of hydrogen-bond acceptors (Lipinski definition) is 4. The number of hydrogen-bond donors (Lipinski definition) is 2. The fourth-order valence-electron chi connectivity index (χ4n) is 1.84. The molecule has 0 saturated carbocycles. The van der Waals surface area contributed by atoms with Gasteiger partial charge in [0.2, 0.25) is 0 Å². The Balaban J connectivity index is 2.04. The van der Waals surface area contributed by atoms with Crippen LogP contribution in [0.4, 0.5) is 0 Å². The highest BCUT2D eigenvalue weighted by Gasteiger charge is 2.16. The second-order valence-corrected chi connectivity index (χ2v) is 3.76. The van der Waals surface area contributed by atoms with Gasteiger partial charge in [-0.3, -0.25) is 0 Å². The smallest absolute Gasteiger partial charge is 0.111 e. The summed E-state index contributed by atoms with van der Waals surface area (Å²) in [6.07, 6.45) is 2.44. The second-order valence-electron chi connectivity index (χ2n) is 3.76. The van der Waals surface area contributed by atoms with Gasteiger partial charge < -0.3 is 10.4 Å². The third kappa shape index (κ3) is 1.78. The first-order valence-corrected chi connectivity index (χ1v) is 5.04. The standard InChI is InChI=1S/C9H16N4O/c1-7-9(6-14)11-12-13(7)5-8-3-2-4-10-8/h8,10,14H,2-6H2,1H3. The number of nitrogens with one attached hydrogen (secondary N) is 1. The summed E-state index contributed by atoms with van der Waals surface area (Å²) in [7, 11) is 0. The molecule has 5 nitrogen and oxygen atoms in total. The Morgan fingerprint density at radius 3 is 3.07 bits per heavy atom. The molecular weight excluding hydrogens is 180 g/mol. The molecule has 2 heterocycles. The quantitative estimate of drug-likeness (QED) is 0.704. The third-order valence-corrected chi connectivity index (χ3v) is 2.78. The van der Waals surface area contributed by atoms with E-state index < -0.39 is 0 Å². The van der Waals surface area contributed by atoms with E-state index in [0.29, 0.717) is 11.7 Å². The zero-order valence-corrected chi connectivity index (χ0v) is 8.40. The summed E-state index contributed by atoms with van der Waals surface area (Å²) in [6.45, 7) is 3.88.